The van der Waals surface area contributed by atoms with E-state index in [0.29, 0.717) is 45.9 Å². The zero-order valence-corrected chi connectivity index (χ0v) is 17.5. The predicted molar refractivity (Wildman–Crippen MR) is 109 cm³/mol. The van der Waals surface area contributed by atoms with Gasteiger partial charge in [0, 0.05) is 52.5 Å². The number of hydrogen-bond donors (Lipinski definition) is 0. The van der Waals surface area contributed by atoms with Gasteiger partial charge in [-0.1, -0.05) is 6.07 Å². The van der Waals surface area contributed by atoms with Crippen LogP contribution in [0.4, 0.5) is 0 Å². The van der Waals surface area contributed by atoms with Crippen molar-refractivity contribution in [2.75, 3.05) is 45.9 Å². The molecule has 162 valence electrons. The van der Waals surface area contributed by atoms with E-state index in [9.17, 15) is 14.4 Å². The maximum absolute atomic E-state index is 12.9. The Morgan fingerprint density at radius 2 is 1.57 bits per heavy atom. The molecule has 2 fully saturated rings. The lowest BCUT2D eigenvalue weighted by molar-refractivity contribution is -0.140. The average Bonchev–Trinajstić information content (AvgIpc) is 3.27. The highest BCUT2D eigenvalue weighted by Gasteiger charge is 2.31. The molecule has 0 radical (unpaired) electrons. The molecule has 0 aliphatic carbocycles. The molecule has 4 rings (SSSR count). The van der Waals surface area contributed by atoms with Gasteiger partial charge in [0.25, 0.3) is 0 Å². The van der Waals surface area contributed by atoms with Crippen LogP contribution in [-0.2, 0) is 14.4 Å². The van der Waals surface area contributed by atoms with E-state index in [0.717, 1.165) is 29.9 Å². The Labute approximate surface area is 176 Å². The molecular formula is C22H29N3O5. The van der Waals surface area contributed by atoms with Gasteiger partial charge < -0.3 is 24.2 Å². The molecular weight excluding hydrogens is 386 g/mol. The first-order chi connectivity index (χ1) is 14.5. The largest absolute Gasteiger partial charge is 0.486 e. The first-order valence-electron chi connectivity index (χ1n) is 10.8. The highest BCUT2D eigenvalue weighted by atomic mass is 16.6. The number of ether oxygens (including phenoxy) is 2. The van der Waals surface area contributed by atoms with Gasteiger partial charge in [-0.25, -0.2) is 0 Å². The van der Waals surface area contributed by atoms with E-state index < -0.39 is 0 Å². The topological polar surface area (TPSA) is 79.4 Å². The van der Waals surface area contributed by atoms with Crippen LogP contribution in [0.3, 0.4) is 0 Å². The van der Waals surface area contributed by atoms with Crippen LogP contribution in [0.2, 0.25) is 0 Å². The lowest BCUT2D eigenvalue weighted by Gasteiger charge is -2.34. The van der Waals surface area contributed by atoms with E-state index in [1.807, 2.05) is 23.1 Å². The first kappa shape index (κ1) is 20.5. The van der Waals surface area contributed by atoms with Crippen LogP contribution in [0.25, 0.3) is 0 Å². The summed E-state index contributed by atoms with van der Waals surface area (Å²) in [5.41, 5.74) is 1.05. The van der Waals surface area contributed by atoms with Gasteiger partial charge >= 0.3 is 0 Å². The standard InChI is InChI=1S/C22H29N3O5/c1-16(26)23-9-11-24(12-10-23)21(27)6-7-22(28)25-8-2-3-18(25)17-4-5-19-20(15-17)30-14-13-29-19/h4-5,15,18H,2-3,6-14H2,1H3/t18-/m1/s1. The zero-order valence-electron chi connectivity index (χ0n) is 17.5. The quantitative estimate of drug-likeness (QED) is 0.746. The summed E-state index contributed by atoms with van der Waals surface area (Å²) in [7, 11) is 0. The molecule has 30 heavy (non-hydrogen) atoms. The maximum Gasteiger partial charge on any atom is 0.223 e. The third-order valence-electron chi connectivity index (χ3n) is 6.15. The molecule has 2 saturated heterocycles. The highest BCUT2D eigenvalue weighted by Crippen LogP contribution is 2.38. The summed E-state index contributed by atoms with van der Waals surface area (Å²) in [5, 5.41) is 0. The number of carbonyl (C=O) groups is 3. The van der Waals surface area contributed by atoms with Crippen molar-refractivity contribution in [3.05, 3.63) is 23.8 Å². The van der Waals surface area contributed by atoms with Gasteiger partial charge in [0.05, 0.1) is 6.04 Å². The van der Waals surface area contributed by atoms with Crippen LogP contribution in [0.5, 0.6) is 11.5 Å². The van der Waals surface area contributed by atoms with E-state index in [2.05, 4.69) is 0 Å². The Bertz CT molecular complexity index is 819. The molecule has 0 unspecified atom stereocenters. The number of piperazine rings is 1. The van der Waals surface area contributed by atoms with E-state index in [-0.39, 0.29) is 36.6 Å². The van der Waals surface area contributed by atoms with Crippen LogP contribution in [0.15, 0.2) is 18.2 Å². The Morgan fingerprint density at radius 3 is 2.30 bits per heavy atom. The van der Waals surface area contributed by atoms with Crippen molar-refractivity contribution in [3.8, 4) is 11.5 Å². The number of nitrogens with zero attached hydrogens (tertiary/aromatic N) is 3. The lowest BCUT2D eigenvalue weighted by atomic mass is 10.0. The minimum atomic E-state index is -0.0124. The smallest absolute Gasteiger partial charge is 0.223 e. The number of hydrogen-bond acceptors (Lipinski definition) is 5. The third-order valence-corrected chi connectivity index (χ3v) is 6.15. The van der Waals surface area contributed by atoms with Gasteiger partial charge in [0.2, 0.25) is 17.7 Å². The van der Waals surface area contributed by atoms with Crippen LogP contribution in [0.1, 0.15) is 44.2 Å². The summed E-state index contributed by atoms with van der Waals surface area (Å²) in [6, 6.07) is 5.91. The zero-order chi connectivity index (χ0) is 21.1. The fraction of sp³-hybridized carbons (Fsp3) is 0.591. The van der Waals surface area contributed by atoms with Crippen LogP contribution >= 0.6 is 0 Å². The summed E-state index contributed by atoms with van der Waals surface area (Å²) in [4.78, 5) is 42.2. The van der Waals surface area contributed by atoms with Crippen molar-refractivity contribution in [3.63, 3.8) is 0 Å². The molecule has 0 saturated carbocycles. The summed E-state index contributed by atoms with van der Waals surface area (Å²) in [6.45, 7) is 5.55. The van der Waals surface area contributed by atoms with Crippen LogP contribution in [0, 0.1) is 0 Å². The number of carbonyl (C=O) groups excluding carboxylic acids is 3. The molecule has 1 aromatic carbocycles. The van der Waals surface area contributed by atoms with Crippen molar-refractivity contribution >= 4 is 17.7 Å². The van der Waals surface area contributed by atoms with Crippen molar-refractivity contribution in [2.24, 2.45) is 0 Å². The van der Waals surface area contributed by atoms with E-state index >= 15 is 0 Å². The normalized spacial score (nSPS) is 21.0. The third kappa shape index (κ3) is 4.37. The molecule has 1 atom stereocenters. The molecule has 0 aromatic heterocycles. The second-order valence-corrected chi connectivity index (χ2v) is 8.04. The number of fused-ring (bicyclic) bond motifs is 1. The second kappa shape index (κ2) is 8.93. The van der Waals surface area contributed by atoms with Crippen molar-refractivity contribution in [2.45, 2.75) is 38.6 Å². The molecule has 0 N–H and O–H groups in total. The van der Waals surface area contributed by atoms with E-state index in [4.69, 9.17) is 9.47 Å². The summed E-state index contributed by atoms with van der Waals surface area (Å²) < 4.78 is 11.3. The van der Waals surface area contributed by atoms with E-state index in [1.54, 1.807) is 16.7 Å². The molecule has 3 heterocycles. The van der Waals surface area contributed by atoms with Crippen molar-refractivity contribution in [1.29, 1.82) is 0 Å². The molecule has 3 aliphatic rings. The van der Waals surface area contributed by atoms with Crippen molar-refractivity contribution < 1.29 is 23.9 Å². The van der Waals surface area contributed by atoms with Crippen LogP contribution in [-0.4, -0.2) is 78.4 Å². The monoisotopic (exact) mass is 415 g/mol. The first-order valence-corrected chi connectivity index (χ1v) is 10.8. The van der Waals surface area contributed by atoms with E-state index in [1.165, 1.54) is 0 Å². The fourth-order valence-corrected chi connectivity index (χ4v) is 4.47. The highest BCUT2D eigenvalue weighted by molar-refractivity contribution is 5.84. The average molecular weight is 415 g/mol. The van der Waals surface area contributed by atoms with Gasteiger partial charge in [-0.05, 0) is 30.5 Å². The number of likely N-dealkylation sites (tertiary alicyclic amines) is 1. The Balaban J connectivity index is 1.32. The molecule has 1 aromatic rings. The number of benzene rings is 1. The van der Waals surface area contributed by atoms with Gasteiger partial charge in [-0.2, -0.15) is 0 Å². The number of amides is 3. The molecule has 3 aliphatic heterocycles. The number of rotatable bonds is 4. The van der Waals surface area contributed by atoms with Gasteiger partial charge in [0.1, 0.15) is 13.2 Å². The Morgan fingerprint density at radius 1 is 0.900 bits per heavy atom. The Kier molecular flexibility index (Phi) is 6.11. The minimum Gasteiger partial charge on any atom is -0.486 e. The molecule has 0 spiro atoms. The minimum absolute atomic E-state index is 0.0124. The summed E-state index contributed by atoms with van der Waals surface area (Å²) >= 11 is 0. The van der Waals surface area contributed by atoms with Crippen molar-refractivity contribution in [1.82, 2.24) is 14.7 Å². The Hall–Kier alpha value is -2.77. The van der Waals surface area contributed by atoms with Gasteiger partial charge in [0.15, 0.2) is 11.5 Å². The molecule has 0 bridgehead atoms. The molecule has 3 amide bonds. The van der Waals surface area contributed by atoms with Crippen LogP contribution < -0.4 is 9.47 Å². The van der Waals surface area contributed by atoms with Gasteiger partial charge in [-0.3, -0.25) is 14.4 Å². The predicted octanol–water partition coefficient (Wildman–Crippen LogP) is 1.59. The SMILES string of the molecule is CC(=O)N1CCN(C(=O)CCC(=O)N2CCC[C@@H]2c2ccc3c(c2)OCCO3)CC1. The lowest BCUT2D eigenvalue weighted by Crippen LogP contribution is -2.50. The summed E-state index contributed by atoms with van der Waals surface area (Å²) in [6.07, 6.45) is 2.29. The van der Waals surface area contributed by atoms with Gasteiger partial charge in [-0.15, -0.1) is 0 Å². The summed E-state index contributed by atoms with van der Waals surface area (Å²) in [5.74, 6) is 1.52. The molecule has 8 nitrogen and oxygen atoms in total. The molecule has 8 heteroatoms. The fourth-order valence-electron chi connectivity index (χ4n) is 4.47. The maximum atomic E-state index is 12.9. The second-order valence-electron chi connectivity index (χ2n) is 8.04.